The van der Waals surface area contributed by atoms with Crippen LogP contribution in [0.5, 0.6) is 0 Å². The molecule has 19 heavy (non-hydrogen) atoms. The van der Waals surface area contributed by atoms with Gasteiger partial charge in [-0.3, -0.25) is 4.57 Å². The zero-order valence-electron chi connectivity index (χ0n) is 10.0. The highest BCUT2D eigenvalue weighted by atomic mass is 35.5. The van der Waals surface area contributed by atoms with Crippen molar-refractivity contribution in [2.24, 2.45) is 0 Å². The number of para-hydroxylation sites is 1. The summed E-state index contributed by atoms with van der Waals surface area (Å²) in [5, 5.41) is 10.1. The van der Waals surface area contributed by atoms with E-state index in [1.165, 1.54) is 0 Å². The molecule has 5 heteroatoms. The van der Waals surface area contributed by atoms with Crippen molar-refractivity contribution in [2.45, 2.75) is 6.61 Å². The number of rotatable bonds is 2. The van der Waals surface area contributed by atoms with Crippen molar-refractivity contribution < 1.29 is 5.11 Å². The molecule has 1 aromatic heterocycles. The lowest BCUT2D eigenvalue weighted by molar-refractivity contribution is 0.270. The number of aliphatic hydroxyl groups excluding tert-OH is 1. The Balaban J connectivity index is 2.36. The number of nitrogens with zero attached hydrogens (tertiary/aromatic N) is 2. The molecule has 3 aromatic rings. The Morgan fingerprint density at radius 3 is 2.74 bits per heavy atom. The molecule has 0 saturated carbocycles. The first-order valence-corrected chi connectivity index (χ1v) is 6.21. The summed E-state index contributed by atoms with van der Waals surface area (Å²) < 4.78 is 1.84. The SMILES string of the molecule is Nc1ccc2c(c1)nc(CO)n2-c1ccccc1Cl. The zero-order valence-corrected chi connectivity index (χ0v) is 10.8. The number of fused-ring (bicyclic) bond motifs is 1. The van der Waals surface area contributed by atoms with Gasteiger partial charge in [-0.1, -0.05) is 23.7 Å². The number of benzene rings is 2. The van der Waals surface area contributed by atoms with Crippen LogP contribution in [0, 0.1) is 0 Å². The van der Waals surface area contributed by atoms with Crippen LogP contribution in [-0.4, -0.2) is 14.7 Å². The van der Waals surface area contributed by atoms with Crippen molar-refractivity contribution in [3.63, 3.8) is 0 Å². The fraction of sp³-hybridized carbons (Fsp3) is 0.0714. The lowest BCUT2D eigenvalue weighted by atomic mass is 10.2. The van der Waals surface area contributed by atoms with E-state index >= 15 is 0 Å². The van der Waals surface area contributed by atoms with Crippen molar-refractivity contribution in [3.8, 4) is 5.69 Å². The van der Waals surface area contributed by atoms with Gasteiger partial charge in [-0.25, -0.2) is 4.98 Å². The number of hydrogen-bond donors (Lipinski definition) is 2. The van der Waals surface area contributed by atoms with Gasteiger partial charge in [0, 0.05) is 5.69 Å². The number of nitrogens with two attached hydrogens (primary N) is 1. The van der Waals surface area contributed by atoms with Crippen LogP contribution < -0.4 is 5.73 Å². The van der Waals surface area contributed by atoms with Gasteiger partial charge in [0.1, 0.15) is 12.4 Å². The summed E-state index contributed by atoms with van der Waals surface area (Å²) in [6, 6.07) is 12.9. The number of aliphatic hydroxyl groups is 1. The standard InChI is InChI=1S/C14H12ClN3O/c15-10-3-1-2-4-12(10)18-13-6-5-9(16)7-11(13)17-14(18)8-19/h1-7,19H,8,16H2. The van der Waals surface area contributed by atoms with E-state index in [0.717, 1.165) is 16.7 Å². The lowest BCUT2D eigenvalue weighted by Gasteiger charge is -2.09. The van der Waals surface area contributed by atoms with Crippen molar-refractivity contribution in [1.82, 2.24) is 9.55 Å². The highest BCUT2D eigenvalue weighted by molar-refractivity contribution is 6.32. The molecular formula is C14H12ClN3O. The van der Waals surface area contributed by atoms with Gasteiger partial charge < -0.3 is 10.8 Å². The van der Waals surface area contributed by atoms with Crippen molar-refractivity contribution in [1.29, 1.82) is 0 Å². The van der Waals surface area contributed by atoms with Gasteiger partial charge in [-0.05, 0) is 30.3 Å². The predicted octanol–water partition coefficient (Wildman–Crippen LogP) is 2.75. The van der Waals surface area contributed by atoms with Gasteiger partial charge in [-0.2, -0.15) is 0 Å². The number of aromatic nitrogens is 2. The van der Waals surface area contributed by atoms with Crippen LogP contribution in [0.25, 0.3) is 16.7 Å². The zero-order chi connectivity index (χ0) is 13.4. The molecule has 0 unspecified atom stereocenters. The third-order valence-corrected chi connectivity index (χ3v) is 3.30. The topological polar surface area (TPSA) is 64.1 Å². The Morgan fingerprint density at radius 1 is 1.21 bits per heavy atom. The Bertz CT molecular complexity index is 752. The normalized spacial score (nSPS) is 11.1. The molecule has 0 aliphatic heterocycles. The summed E-state index contributed by atoms with van der Waals surface area (Å²) in [6.45, 7) is -0.167. The quantitative estimate of drug-likeness (QED) is 0.706. The molecule has 96 valence electrons. The second-order valence-corrected chi connectivity index (χ2v) is 4.63. The Kier molecular flexibility index (Phi) is 2.89. The molecule has 0 amide bonds. The first-order chi connectivity index (χ1) is 9.20. The van der Waals surface area contributed by atoms with E-state index in [2.05, 4.69) is 4.98 Å². The molecule has 0 saturated heterocycles. The summed E-state index contributed by atoms with van der Waals surface area (Å²) in [4.78, 5) is 4.38. The van der Waals surface area contributed by atoms with E-state index in [1.807, 2.05) is 28.8 Å². The summed E-state index contributed by atoms with van der Waals surface area (Å²) in [5.41, 5.74) is 8.79. The first kappa shape index (κ1) is 12.0. The van der Waals surface area contributed by atoms with E-state index < -0.39 is 0 Å². The number of hydrogen-bond acceptors (Lipinski definition) is 3. The summed E-state index contributed by atoms with van der Waals surface area (Å²) in [6.07, 6.45) is 0. The lowest BCUT2D eigenvalue weighted by Crippen LogP contribution is -2.01. The fourth-order valence-corrected chi connectivity index (χ4v) is 2.38. The van der Waals surface area contributed by atoms with Crippen molar-refractivity contribution >= 4 is 28.3 Å². The van der Waals surface area contributed by atoms with Crippen LogP contribution in [-0.2, 0) is 6.61 Å². The fourth-order valence-electron chi connectivity index (χ4n) is 2.16. The molecule has 0 spiro atoms. The van der Waals surface area contributed by atoms with Gasteiger partial charge >= 0.3 is 0 Å². The number of halogens is 1. The molecule has 0 bridgehead atoms. The minimum absolute atomic E-state index is 0.167. The minimum Gasteiger partial charge on any atom is -0.399 e. The van der Waals surface area contributed by atoms with Gasteiger partial charge in [0.25, 0.3) is 0 Å². The maximum atomic E-state index is 9.48. The molecule has 1 heterocycles. The highest BCUT2D eigenvalue weighted by Gasteiger charge is 2.13. The van der Waals surface area contributed by atoms with E-state index in [0.29, 0.717) is 16.5 Å². The van der Waals surface area contributed by atoms with E-state index in [1.54, 1.807) is 18.2 Å². The highest BCUT2D eigenvalue weighted by Crippen LogP contribution is 2.27. The summed E-state index contributed by atoms with van der Waals surface area (Å²) >= 11 is 6.22. The first-order valence-electron chi connectivity index (χ1n) is 5.83. The number of imidazole rings is 1. The largest absolute Gasteiger partial charge is 0.399 e. The van der Waals surface area contributed by atoms with Gasteiger partial charge in [-0.15, -0.1) is 0 Å². The third kappa shape index (κ3) is 1.95. The smallest absolute Gasteiger partial charge is 0.140 e. The Hall–Kier alpha value is -2.04. The molecule has 4 nitrogen and oxygen atoms in total. The number of anilines is 1. The molecular weight excluding hydrogens is 262 g/mol. The second kappa shape index (κ2) is 4.57. The molecule has 0 atom stereocenters. The van der Waals surface area contributed by atoms with Crippen molar-refractivity contribution in [2.75, 3.05) is 5.73 Å². The van der Waals surface area contributed by atoms with Crippen LogP contribution in [0.2, 0.25) is 5.02 Å². The predicted molar refractivity (Wildman–Crippen MR) is 76.4 cm³/mol. The van der Waals surface area contributed by atoms with Crippen LogP contribution in [0.1, 0.15) is 5.82 Å². The van der Waals surface area contributed by atoms with Crippen LogP contribution >= 0.6 is 11.6 Å². The van der Waals surface area contributed by atoms with Gasteiger partial charge in [0.15, 0.2) is 0 Å². The molecule has 0 radical (unpaired) electrons. The average Bonchev–Trinajstić information content (AvgIpc) is 2.76. The monoisotopic (exact) mass is 273 g/mol. The summed E-state index contributed by atoms with van der Waals surface area (Å²) in [7, 11) is 0. The Labute approximate surface area is 115 Å². The molecule has 0 aliphatic rings. The molecule has 0 aliphatic carbocycles. The van der Waals surface area contributed by atoms with Gasteiger partial charge in [0.2, 0.25) is 0 Å². The molecule has 3 rings (SSSR count). The molecule has 0 fully saturated rings. The maximum Gasteiger partial charge on any atom is 0.140 e. The second-order valence-electron chi connectivity index (χ2n) is 4.22. The third-order valence-electron chi connectivity index (χ3n) is 2.98. The van der Waals surface area contributed by atoms with Crippen molar-refractivity contribution in [3.05, 3.63) is 53.3 Å². The Morgan fingerprint density at radius 2 is 2.00 bits per heavy atom. The van der Waals surface area contributed by atoms with E-state index in [9.17, 15) is 5.11 Å². The van der Waals surface area contributed by atoms with E-state index in [-0.39, 0.29) is 6.61 Å². The van der Waals surface area contributed by atoms with Crippen LogP contribution in [0.3, 0.4) is 0 Å². The molecule has 2 aromatic carbocycles. The minimum atomic E-state index is -0.167. The van der Waals surface area contributed by atoms with E-state index in [4.69, 9.17) is 17.3 Å². The molecule has 3 N–H and O–H groups in total. The average molecular weight is 274 g/mol. The summed E-state index contributed by atoms with van der Waals surface area (Å²) in [5.74, 6) is 0.536. The maximum absolute atomic E-state index is 9.48. The van der Waals surface area contributed by atoms with Gasteiger partial charge in [0.05, 0.1) is 21.7 Å². The number of nitrogen functional groups attached to an aromatic ring is 1. The van der Waals surface area contributed by atoms with Crippen LogP contribution in [0.15, 0.2) is 42.5 Å². The van der Waals surface area contributed by atoms with Crippen LogP contribution in [0.4, 0.5) is 5.69 Å².